The normalized spacial score (nSPS) is 12.4. The lowest BCUT2D eigenvalue weighted by molar-refractivity contribution is 1.29. The van der Waals surface area contributed by atoms with Crippen LogP contribution in [0.2, 0.25) is 0 Å². The van der Waals surface area contributed by atoms with Crippen molar-refractivity contribution in [2.24, 2.45) is 0 Å². The van der Waals surface area contributed by atoms with Gasteiger partial charge in [0.15, 0.2) is 0 Å². The summed E-state index contributed by atoms with van der Waals surface area (Å²) in [4.78, 5) is 7.23. The van der Waals surface area contributed by atoms with Crippen LogP contribution in [0.15, 0.2) is 449 Å². The number of hydrogen-bond acceptors (Lipinski definition) is 3. The molecule has 112 heavy (non-hydrogen) atoms. The van der Waals surface area contributed by atoms with Crippen LogP contribution < -0.4 is 63.9 Å². The second-order valence-electron chi connectivity index (χ2n) is 29.2. The summed E-state index contributed by atoms with van der Waals surface area (Å²) >= 11 is 0. The number of benzene rings is 19. The second kappa shape index (κ2) is 29.4. The van der Waals surface area contributed by atoms with Crippen molar-refractivity contribution in [3.8, 4) is 33.4 Å². The smallest absolute Gasteiger partial charge is 0.248 e. The Bertz CT molecular complexity index is 6440. The molecular formula is C106H74B3N3. The standard InChI is InChI=1S/C42H30BN.C36H24BN.C28H20BN/c1-4-15-31(16-5-1)32-27-29-35(30-28-32)44-40-25-12-10-23-38(40)43(39-24-11-13-26-41(39)44)42-36(33-17-6-2-7-18-33)21-14-22-37(42)34-19-8-3-9-20-34;1-2-12-26(13-3-1)38-35-20-10-8-18-33(35)37(34-19-9-11-21-36(34)38)25-22-23-31-29-16-5-4-14-27(29)28-15-6-7-17-30(28)32(31)24-25;1-2-12-24(13-3-1)30-27-16-8-6-14-25(27)29(26-15-7-9-17-28(26)30)23-19-18-21-10-4-5-11-22(21)20-23/h1-30H;1-24H;1-20H. The van der Waals surface area contributed by atoms with Gasteiger partial charge in [-0.25, -0.2) is 0 Å². The van der Waals surface area contributed by atoms with E-state index in [4.69, 9.17) is 0 Å². The van der Waals surface area contributed by atoms with Crippen LogP contribution in [0.5, 0.6) is 0 Å². The first-order chi connectivity index (χ1) is 55.6. The molecule has 6 heteroatoms. The number of fused-ring (bicyclic) bond motifs is 13. The third-order valence-corrected chi connectivity index (χ3v) is 23.0. The first-order valence-electron chi connectivity index (χ1n) is 38.9. The summed E-state index contributed by atoms with van der Waals surface area (Å²) in [6.45, 7) is 0.410. The maximum atomic E-state index is 2.44. The second-order valence-corrected chi connectivity index (χ2v) is 29.2. The molecule has 0 bridgehead atoms. The fraction of sp³-hybridized carbons (Fsp3) is 0. The van der Waals surface area contributed by atoms with Gasteiger partial charge in [0.1, 0.15) is 0 Å². The van der Waals surface area contributed by atoms with Crippen molar-refractivity contribution < 1.29 is 0 Å². The molecule has 0 aromatic heterocycles. The maximum Gasteiger partial charge on any atom is 0.248 e. The molecule has 3 heterocycles. The van der Waals surface area contributed by atoms with E-state index >= 15 is 0 Å². The molecule has 3 nitrogen and oxygen atoms in total. The van der Waals surface area contributed by atoms with Crippen LogP contribution in [0.3, 0.4) is 0 Å². The fourth-order valence-electron chi connectivity index (χ4n) is 18.1. The van der Waals surface area contributed by atoms with E-state index in [1.807, 2.05) is 0 Å². The predicted molar refractivity (Wildman–Crippen MR) is 483 cm³/mol. The van der Waals surface area contributed by atoms with Gasteiger partial charge < -0.3 is 14.7 Å². The molecule has 0 fully saturated rings. The number of para-hydroxylation sites is 8. The van der Waals surface area contributed by atoms with E-state index in [1.54, 1.807) is 0 Å². The highest BCUT2D eigenvalue weighted by molar-refractivity contribution is 7.00. The SMILES string of the molecule is c1ccc(-c2ccc(N3c4ccccc4B(c4c(-c5ccccc5)cccc4-c4ccccc4)c4ccccc43)cc2)cc1.c1ccc(N2c3ccccc3B(c3ccc4c5ccccc5c5ccccc5c4c3)c3ccccc32)cc1.c1ccc(N2c3ccccc3B(c3ccc4ccccc4c3)c3ccccc32)cc1. The Morgan fingerprint density at radius 1 is 0.161 bits per heavy atom. The van der Waals surface area contributed by atoms with Crippen molar-refractivity contribution >= 4 is 164 Å². The Labute approximate surface area is 656 Å². The first-order valence-corrected chi connectivity index (χ1v) is 38.9. The Morgan fingerprint density at radius 2 is 0.446 bits per heavy atom. The topological polar surface area (TPSA) is 9.72 Å². The molecular weight excluding hydrogens is 1350 g/mol. The van der Waals surface area contributed by atoms with Gasteiger partial charge >= 0.3 is 0 Å². The summed E-state index contributed by atoms with van der Waals surface area (Å²) in [6, 6.07) is 163. The minimum atomic E-state index is 0.0499. The van der Waals surface area contributed by atoms with Crippen molar-refractivity contribution in [3.63, 3.8) is 0 Å². The fourth-order valence-corrected chi connectivity index (χ4v) is 18.1. The molecule has 22 rings (SSSR count). The summed E-state index contributed by atoms with van der Waals surface area (Å²) in [7, 11) is 0. The molecule has 3 aliphatic rings. The van der Waals surface area contributed by atoms with Crippen LogP contribution >= 0.6 is 0 Å². The van der Waals surface area contributed by atoms with Gasteiger partial charge in [-0.3, -0.25) is 0 Å². The molecule has 0 saturated heterocycles. The zero-order valence-electron chi connectivity index (χ0n) is 61.8. The highest BCUT2D eigenvalue weighted by Gasteiger charge is 2.40. The molecule has 0 unspecified atom stereocenters. The zero-order chi connectivity index (χ0) is 74.3. The van der Waals surface area contributed by atoms with Crippen molar-refractivity contribution in [2.75, 3.05) is 14.7 Å². The molecule has 0 radical (unpaired) electrons. The number of rotatable bonds is 9. The van der Waals surface area contributed by atoms with Gasteiger partial charge in [-0.15, -0.1) is 0 Å². The van der Waals surface area contributed by atoms with Crippen LogP contribution in [0.1, 0.15) is 0 Å². The van der Waals surface area contributed by atoms with E-state index in [9.17, 15) is 0 Å². The van der Waals surface area contributed by atoms with E-state index in [0.717, 1.165) is 5.69 Å². The number of anilines is 9. The molecule has 0 amide bonds. The van der Waals surface area contributed by atoms with Crippen LogP contribution in [-0.4, -0.2) is 20.1 Å². The Hall–Kier alpha value is -14.2. The minimum absolute atomic E-state index is 0.0499. The summed E-state index contributed by atoms with van der Waals surface area (Å²) in [6.07, 6.45) is 0. The average Bonchev–Trinajstić information content (AvgIpc) is 0.766. The molecule has 0 atom stereocenters. The molecule has 0 spiro atoms. The van der Waals surface area contributed by atoms with Crippen LogP contribution in [0.4, 0.5) is 51.2 Å². The minimum Gasteiger partial charge on any atom is -0.312 e. The summed E-state index contributed by atoms with van der Waals surface area (Å²) < 4.78 is 0. The first kappa shape index (κ1) is 67.2. The third-order valence-electron chi connectivity index (χ3n) is 23.0. The van der Waals surface area contributed by atoms with E-state index in [2.05, 4.69) is 464 Å². The van der Waals surface area contributed by atoms with Crippen molar-refractivity contribution in [2.45, 2.75) is 0 Å². The molecule has 3 aliphatic heterocycles. The van der Waals surface area contributed by atoms with Gasteiger partial charge in [0.25, 0.3) is 0 Å². The van der Waals surface area contributed by atoms with Crippen molar-refractivity contribution in [3.05, 3.63) is 449 Å². The Balaban J connectivity index is 0.000000111. The van der Waals surface area contributed by atoms with Gasteiger partial charge in [0.05, 0.1) is 0 Å². The molecule has 19 aromatic carbocycles. The summed E-state index contributed by atoms with van der Waals surface area (Å²) in [5, 5.41) is 10.4. The maximum absolute atomic E-state index is 2.44. The predicted octanol–water partition coefficient (Wildman–Crippen LogP) is 21.6. The van der Waals surface area contributed by atoms with Gasteiger partial charge in [0, 0.05) is 51.2 Å². The lowest BCUT2D eigenvalue weighted by atomic mass is 9.33. The van der Waals surface area contributed by atoms with E-state index in [1.165, 1.54) is 171 Å². The van der Waals surface area contributed by atoms with Gasteiger partial charge in [-0.05, 0) is 182 Å². The average molecular weight is 1420 g/mol. The largest absolute Gasteiger partial charge is 0.312 e. The summed E-state index contributed by atoms with van der Waals surface area (Å²) in [5.41, 5.74) is 30.3. The quantitative estimate of drug-likeness (QED) is 0.105. The highest BCUT2D eigenvalue weighted by Crippen LogP contribution is 2.42. The lowest BCUT2D eigenvalue weighted by Gasteiger charge is -2.38. The zero-order valence-corrected chi connectivity index (χ0v) is 61.8. The lowest BCUT2D eigenvalue weighted by Crippen LogP contribution is -2.58. The van der Waals surface area contributed by atoms with Gasteiger partial charge in [-0.1, -0.05) is 393 Å². The van der Waals surface area contributed by atoms with Gasteiger partial charge in [-0.2, -0.15) is 0 Å². The van der Waals surface area contributed by atoms with Crippen LogP contribution in [-0.2, 0) is 0 Å². The number of hydrogen-bond donors (Lipinski definition) is 0. The van der Waals surface area contributed by atoms with E-state index in [0.29, 0.717) is 0 Å². The highest BCUT2D eigenvalue weighted by atomic mass is 15.2. The van der Waals surface area contributed by atoms with Crippen LogP contribution in [0, 0.1) is 0 Å². The van der Waals surface area contributed by atoms with E-state index in [-0.39, 0.29) is 20.1 Å². The van der Waals surface area contributed by atoms with Crippen molar-refractivity contribution in [1.29, 1.82) is 0 Å². The third kappa shape index (κ3) is 12.1. The number of nitrogens with zero attached hydrogens (tertiary/aromatic N) is 3. The molecule has 0 aliphatic carbocycles. The summed E-state index contributed by atoms with van der Waals surface area (Å²) in [5.74, 6) is 0. The van der Waals surface area contributed by atoms with Gasteiger partial charge in [0.2, 0.25) is 20.1 Å². The van der Waals surface area contributed by atoms with Crippen LogP contribution in [0.25, 0.3) is 76.5 Å². The Morgan fingerprint density at radius 3 is 0.857 bits per heavy atom. The Kier molecular flexibility index (Phi) is 17.6. The van der Waals surface area contributed by atoms with Crippen molar-refractivity contribution in [1.82, 2.24) is 0 Å². The molecule has 0 N–H and O–H groups in total. The van der Waals surface area contributed by atoms with E-state index < -0.39 is 0 Å². The molecule has 0 saturated carbocycles. The molecule has 19 aromatic rings. The molecule has 522 valence electrons. The monoisotopic (exact) mass is 1420 g/mol.